The van der Waals surface area contributed by atoms with Crippen molar-refractivity contribution in [3.8, 4) is 0 Å². The number of rotatable bonds is 5. The lowest BCUT2D eigenvalue weighted by molar-refractivity contribution is -0.142. The molecular formula is C11H12Cl2N2O3. The molecular weight excluding hydrogens is 279 g/mol. The minimum Gasteiger partial charge on any atom is -0.466 e. The number of carbonyl (C=O) groups is 2. The lowest BCUT2D eigenvalue weighted by Crippen LogP contribution is -2.26. The Morgan fingerprint density at radius 1 is 1.33 bits per heavy atom. The monoisotopic (exact) mass is 290 g/mol. The van der Waals surface area contributed by atoms with E-state index in [4.69, 9.17) is 27.9 Å². The van der Waals surface area contributed by atoms with Crippen molar-refractivity contribution in [1.82, 2.24) is 10.3 Å². The van der Waals surface area contributed by atoms with Gasteiger partial charge in [0.15, 0.2) is 0 Å². The third-order valence-electron chi connectivity index (χ3n) is 1.95. The fraction of sp³-hybridized carbons (Fsp3) is 0.364. The first-order chi connectivity index (χ1) is 8.52. The van der Waals surface area contributed by atoms with E-state index in [0.29, 0.717) is 12.2 Å². The Hall–Kier alpha value is -1.33. The van der Waals surface area contributed by atoms with Crippen LogP contribution < -0.4 is 5.32 Å². The van der Waals surface area contributed by atoms with Gasteiger partial charge < -0.3 is 10.1 Å². The predicted octanol–water partition coefficient (Wildman–Crippen LogP) is 2.07. The third-order valence-corrected chi connectivity index (χ3v) is 2.33. The van der Waals surface area contributed by atoms with Crippen LogP contribution in [0.15, 0.2) is 12.1 Å². The molecule has 0 aromatic carbocycles. The molecule has 0 spiro atoms. The van der Waals surface area contributed by atoms with E-state index in [-0.39, 0.29) is 35.1 Å². The standard InChI is InChI=1S/C11H12Cl2N2O3/c1-2-18-10(16)3-4-14-11(17)7-5-8(12)15-9(13)6-7/h5-6H,2-4H2,1H3,(H,14,17). The van der Waals surface area contributed by atoms with Crippen LogP contribution in [0.4, 0.5) is 0 Å². The second kappa shape index (κ2) is 7.18. The van der Waals surface area contributed by atoms with Gasteiger partial charge in [0, 0.05) is 12.1 Å². The summed E-state index contributed by atoms with van der Waals surface area (Å²) in [7, 11) is 0. The van der Waals surface area contributed by atoms with E-state index in [2.05, 4.69) is 10.3 Å². The van der Waals surface area contributed by atoms with Crippen LogP contribution in [0, 0.1) is 0 Å². The summed E-state index contributed by atoms with van der Waals surface area (Å²) in [5.74, 6) is -0.728. The second-order valence-electron chi connectivity index (χ2n) is 3.31. The lowest BCUT2D eigenvalue weighted by atomic mass is 10.2. The van der Waals surface area contributed by atoms with Crippen LogP contribution in [0.2, 0.25) is 10.3 Å². The maximum Gasteiger partial charge on any atom is 0.307 e. The van der Waals surface area contributed by atoms with E-state index in [1.807, 2.05) is 0 Å². The molecule has 0 fully saturated rings. The molecule has 1 aromatic heterocycles. The molecule has 98 valence electrons. The van der Waals surface area contributed by atoms with E-state index in [1.165, 1.54) is 12.1 Å². The van der Waals surface area contributed by atoms with Gasteiger partial charge in [-0.2, -0.15) is 0 Å². The van der Waals surface area contributed by atoms with Crippen LogP contribution in [0.1, 0.15) is 23.7 Å². The molecule has 0 saturated carbocycles. The fourth-order valence-corrected chi connectivity index (χ4v) is 1.67. The maximum absolute atomic E-state index is 11.7. The first kappa shape index (κ1) is 14.7. The number of hydrogen-bond donors (Lipinski definition) is 1. The highest BCUT2D eigenvalue weighted by Gasteiger charge is 2.09. The number of esters is 1. The van der Waals surface area contributed by atoms with Gasteiger partial charge in [-0.15, -0.1) is 0 Å². The van der Waals surface area contributed by atoms with E-state index in [1.54, 1.807) is 6.92 Å². The van der Waals surface area contributed by atoms with Gasteiger partial charge in [-0.25, -0.2) is 4.98 Å². The highest BCUT2D eigenvalue weighted by atomic mass is 35.5. The van der Waals surface area contributed by atoms with E-state index in [0.717, 1.165) is 0 Å². The smallest absolute Gasteiger partial charge is 0.307 e. The third kappa shape index (κ3) is 4.89. The molecule has 0 saturated heterocycles. The predicted molar refractivity (Wildman–Crippen MR) is 67.8 cm³/mol. The quantitative estimate of drug-likeness (QED) is 0.666. The normalized spacial score (nSPS) is 9.94. The molecule has 1 amide bonds. The van der Waals surface area contributed by atoms with Crippen LogP contribution in [0.5, 0.6) is 0 Å². The van der Waals surface area contributed by atoms with Crippen molar-refractivity contribution in [2.75, 3.05) is 13.2 Å². The van der Waals surface area contributed by atoms with Gasteiger partial charge in [-0.1, -0.05) is 23.2 Å². The number of amides is 1. The zero-order valence-electron chi connectivity index (χ0n) is 9.70. The van der Waals surface area contributed by atoms with Gasteiger partial charge >= 0.3 is 5.97 Å². The summed E-state index contributed by atoms with van der Waals surface area (Å²) in [5.41, 5.74) is 0.295. The number of pyridine rings is 1. The Kier molecular flexibility index (Phi) is 5.88. The molecule has 0 aliphatic rings. The molecule has 1 heterocycles. The highest BCUT2D eigenvalue weighted by molar-refractivity contribution is 6.33. The van der Waals surface area contributed by atoms with Crippen molar-refractivity contribution in [3.05, 3.63) is 28.0 Å². The number of carbonyl (C=O) groups excluding carboxylic acids is 2. The van der Waals surface area contributed by atoms with Crippen LogP contribution in [-0.2, 0) is 9.53 Å². The van der Waals surface area contributed by atoms with Crippen molar-refractivity contribution in [2.24, 2.45) is 0 Å². The molecule has 0 bridgehead atoms. The second-order valence-corrected chi connectivity index (χ2v) is 4.09. The van der Waals surface area contributed by atoms with Gasteiger partial charge in [0.25, 0.3) is 5.91 Å². The number of ether oxygens (including phenoxy) is 1. The summed E-state index contributed by atoms with van der Waals surface area (Å²) >= 11 is 11.3. The fourth-order valence-electron chi connectivity index (χ4n) is 1.21. The minimum atomic E-state index is -0.370. The van der Waals surface area contributed by atoms with Crippen molar-refractivity contribution in [3.63, 3.8) is 0 Å². The molecule has 1 rings (SSSR count). The number of nitrogens with one attached hydrogen (secondary N) is 1. The largest absolute Gasteiger partial charge is 0.466 e. The first-order valence-electron chi connectivity index (χ1n) is 5.30. The summed E-state index contributed by atoms with van der Waals surface area (Å²) < 4.78 is 4.73. The zero-order chi connectivity index (χ0) is 13.5. The Bertz CT molecular complexity index is 432. The van der Waals surface area contributed by atoms with E-state index < -0.39 is 0 Å². The molecule has 0 radical (unpaired) electrons. The summed E-state index contributed by atoms with van der Waals surface area (Å²) in [6.45, 7) is 2.23. The number of nitrogens with zero attached hydrogens (tertiary/aromatic N) is 1. The van der Waals surface area contributed by atoms with Crippen molar-refractivity contribution in [1.29, 1.82) is 0 Å². The maximum atomic E-state index is 11.7. The van der Waals surface area contributed by atoms with Gasteiger partial charge in [-0.3, -0.25) is 9.59 Å². The summed E-state index contributed by atoms with van der Waals surface area (Å²) in [5, 5.41) is 2.83. The Labute approximate surface area is 114 Å². The van der Waals surface area contributed by atoms with Crippen molar-refractivity contribution in [2.45, 2.75) is 13.3 Å². The Morgan fingerprint density at radius 3 is 2.50 bits per heavy atom. The molecule has 0 aliphatic heterocycles. The summed E-state index contributed by atoms with van der Waals surface area (Å²) in [4.78, 5) is 26.5. The average molecular weight is 291 g/mol. The zero-order valence-corrected chi connectivity index (χ0v) is 11.2. The number of halogens is 2. The Morgan fingerprint density at radius 2 is 1.94 bits per heavy atom. The number of hydrogen-bond acceptors (Lipinski definition) is 4. The van der Waals surface area contributed by atoms with Gasteiger partial charge in [0.05, 0.1) is 13.0 Å². The van der Waals surface area contributed by atoms with Crippen LogP contribution in [0.25, 0.3) is 0 Å². The molecule has 5 nitrogen and oxygen atoms in total. The van der Waals surface area contributed by atoms with E-state index in [9.17, 15) is 9.59 Å². The summed E-state index contributed by atoms with van der Waals surface area (Å²) in [6, 6.07) is 2.79. The summed E-state index contributed by atoms with van der Waals surface area (Å²) in [6.07, 6.45) is 0.117. The van der Waals surface area contributed by atoms with Crippen LogP contribution >= 0.6 is 23.2 Å². The molecule has 18 heavy (non-hydrogen) atoms. The van der Waals surface area contributed by atoms with Crippen molar-refractivity contribution < 1.29 is 14.3 Å². The molecule has 0 atom stereocenters. The minimum absolute atomic E-state index is 0.117. The Balaban J connectivity index is 2.48. The van der Waals surface area contributed by atoms with Gasteiger partial charge in [-0.05, 0) is 19.1 Å². The van der Waals surface area contributed by atoms with Gasteiger partial charge in [0.1, 0.15) is 10.3 Å². The van der Waals surface area contributed by atoms with Crippen LogP contribution in [-0.4, -0.2) is 30.0 Å². The first-order valence-corrected chi connectivity index (χ1v) is 6.05. The van der Waals surface area contributed by atoms with Crippen LogP contribution in [0.3, 0.4) is 0 Å². The lowest BCUT2D eigenvalue weighted by Gasteiger charge is -2.05. The van der Waals surface area contributed by atoms with Gasteiger partial charge in [0.2, 0.25) is 0 Å². The molecule has 0 aliphatic carbocycles. The molecule has 1 aromatic rings. The SMILES string of the molecule is CCOC(=O)CCNC(=O)c1cc(Cl)nc(Cl)c1. The highest BCUT2D eigenvalue weighted by Crippen LogP contribution is 2.14. The molecule has 0 unspecified atom stereocenters. The number of aromatic nitrogens is 1. The van der Waals surface area contributed by atoms with Crippen molar-refractivity contribution >= 4 is 35.1 Å². The molecule has 7 heteroatoms. The average Bonchev–Trinajstić information content (AvgIpc) is 2.27. The topological polar surface area (TPSA) is 68.3 Å². The molecule has 1 N–H and O–H groups in total. The van der Waals surface area contributed by atoms with E-state index >= 15 is 0 Å².